The van der Waals surface area contributed by atoms with Gasteiger partial charge in [0.1, 0.15) is 5.82 Å². The van der Waals surface area contributed by atoms with E-state index in [1.807, 2.05) is 31.2 Å². The first kappa shape index (κ1) is 23.9. The van der Waals surface area contributed by atoms with Crippen molar-refractivity contribution in [2.24, 2.45) is 5.10 Å². The first-order chi connectivity index (χ1) is 16.1. The van der Waals surface area contributed by atoms with Crippen molar-refractivity contribution in [1.82, 2.24) is 4.41 Å². The van der Waals surface area contributed by atoms with E-state index in [-0.39, 0.29) is 10.6 Å². The average Bonchev–Trinajstić information content (AvgIpc) is 3.26. The second-order valence-corrected chi connectivity index (χ2v) is 11.7. The number of sulfonamides is 2. The second-order valence-electron chi connectivity index (χ2n) is 7.94. The van der Waals surface area contributed by atoms with E-state index in [0.717, 1.165) is 21.6 Å². The maximum Gasteiger partial charge on any atom is 0.279 e. The van der Waals surface area contributed by atoms with Crippen LogP contribution in [-0.2, 0) is 20.0 Å². The Hall–Kier alpha value is -3.24. The average molecular weight is 502 g/mol. The standard InChI is InChI=1S/C24H24FN3O4S2/c1-3-33(29,30)27-20-13-11-18(12-14-20)23-16-24(22-10-5-4-7-17(22)2)28(26-23)34(31,32)21-9-6-8-19(25)15-21/h4-15,24,27H,3,16H2,1-2H3. The molecule has 0 saturated heterocycles. The third-order valence-corrected chi connectivity index (χ3v) is 8.62. The van der Waals surface area contributed by atoms with Crippen LogP contribution in [0.15, 0.2) is 82.8 Å². The summed E-state index contributed by atoms with van der Waals surface area (Å²) in [6.07, 6.45) is 0.305. The van der Waals surface area contributed by atoms with Gasteiger partial charge in [0.25, 0.3) is 10.0 Å². The molecule has 178 valence electrons. The molecule has 0 bridgehead atoms. The molecule has 0 fully saturated rings. The Kier molecular flexibility index (Phi) is 6.46. The number of nitrogens with one attached hydrogen (secondary N) is 1. The molecule has 0 amide bonds. The molecule has 1 aliphatic rings. The number of rotatable bonds is 7. The lowest BCUT2D eigenvalue weighted by Gasteiger charge is -2.24. The van der Waals surface area contributed by atoms with E-state index < -0.39 is 31.9 Å². The van der Waals surface area contributed by atoms with Gasteiger partial charge in [0.15, 0.2) is 0 Å². The molecule has 3 aromatic carbocycles. The van der Waals surface area contributed by atoms with Crippen molar-refractivity contribution in [2.45, 2.75) is 31.2 Å². The van der Waals surface area contributed by atoms with Gasteiger partial charge in [0, 0.05) is 12.1 Å². The van der Waals surface area contributed by atoms with Gasteiger partial charge in [-0.1, -0.05) is 42.5 Å². The summed E-state index contributed by atoms with van der Waals surface area (Å²) in [5.74, 6) is -0.700. The van der Waals surface area contributed by atoms with Gasteiger partial charge in [0.2, 0.25) is 10.0 Å². The van der Waals surface area contributed by atoms with Gasteiger partial charge in [0.05, 0.1) is 22.4 Å². The molecule has 1 unspecified atom stereocenters. The molecule has 7 nitrogen and oxygen atoms in total. The van der Waals surface area contributed by atoms with E-state index in [2.05, 4.69) is 9.82 Å². The molecule has 1 atom stereocenters. The fourth-order valence-electron chi connectivity index (χ4n) is 3.80. The van der Waals surface area contributed by atoms with Crippen LogP contribution < -0.4 is 4.72 Å². The normalized spacial score (nSPS) is 16.4. The van der Waals surface area contributed by atoms with Crippen LogP contribution in [0.5, 0.6) is 0 Å². The first-order valence-electron chi connectivity index (χ1n) is 10.6. The summed E-state index contributed by atoms with van der Waals surface area (Å²) >= 11 is 0. The highest BCUT2D eigenvalue weighted by atomic mass is 32.2. The van der Waals surface area contributed by atoms with Gasteiger partial charge in [-0.05, 0) is 60.9 Å². The van der Waals surface area contributed by atoms with Crippen molar-refractivity contribution in [2.75, 3.05) is 10.5 Å². The number of aryl methyl sites for hydroxylation is 1. The Bertz CT molecular complexity index is 1450. The Balaban J connectivity index is 1.74. The van der Waals surface area contributed by atoms with Gasteiger partial charge >= 0.3 is 0 Å². The van der Waals surface area contributed by atoms with Crippen LogP contribution in [0, 0.1) is 12.7 Å². The van der Waals surface area contributed by atoms with Gasteiger partial charge < -0.3 is 0 Å². The molecule has 34 heavy (non-hydrogen) atoms. The van der Waals surface area contributed by atoms with Gasteiger partial charge in [-0.2, -0.15) is 17.9 Å². The summed E-state index contributed by atoms with van der Waals surface area (Å²) in [7, 11) is -7.55. The van der Waals surface area contributed by atoms with Crippen molar-refractivity contribution < 1.29 is 21.2 Å². The monoisotopic (exact) mass is 501 g/mol. The lowest BCUT2D eigenvalue weighted by atomic mass is 9.96. The van der Waals surface area contributed by atoms with Gasteiger partial charge in [-0.3, -0.25) is 4.72 Å². The number of hydrogen-bond donors (Lipinski definition) is 1. The molecule has 1 aliphatic heterocycles. The lowest BCUT2D eigenvalue weighted by molar-refractivity contribution is 0.370. The smallest absolute Gasteiger partial charge is 0.279 e. The predicted octanol–water partition coefficient (Wildman–Crippen LogP) is 4.44. The van der Waals surface area contributed by atoms with Crippen LogP contribution in [0.4, 0.5) is 10.1 Å². The largest absolute Gasteiger partial charge is 0.284 e. The van der Waals surface area contributed by atoms with Crippen LogP contribution in [0.25, 0.3) is 0 Å². The molecular weight excluding hydrogens is 477 g/mol. The molecule has 1 heterocycles. The fraction of sp³-hybridized carbons (Fsp3) is 0.208. The topological polar surface area (TPSA) is 95.9 Å². The third kappa shape index (κ3) is 4.83. The van der Waals surface area contributed by atoms with E-state index in [9.17, 15) is 21.2 Å². The van der Waals surface area contributed by atoms with E-state index in [0.29, 0.717) is 23.4 Å². The number of hydrazone groups is 1. The van der Waals surface area contributed by atoms with Crippen molar-refractivity contribution in [1.29, 1.82) is 0 Å². The molecular formula is C24H24FN3O4S2. The van der Waals surface area contributed by atoms with Gasteiger partial charge in [-0.25, -0.2) is 12.8 Å². The molecule has 0 aliphatic carbocycles. The zero-order valence-corrected chi connectivity index (χ0v) is 20.3. The molecule has 0 radical (unpaired) electrons. The van der Waals surface area contributed by atoms with Crippen molar-refractivity contribution >= 4 is 31.4 Å². The number of halogens is 1. The maximum absolute atomic E-state index is 13.8. The van der Waals surface area contributed by atoms with Crippen LogP contribution in [0.2, 0.25) is 0 Å². The van der Waals surface area contributed by atoms with Crippen LogP contribution in [0.3, 0.4) is 0 Å². The Morgan fingerprint density at radius 1 is 1.00 bits per heavy atom. The van der Waals surface area contributed by atoms with Crippen LogP contribution in [-0.4, -0.2) is 32.7 Å². The SMILES string of the molecule is CCS(=O)(=O)Nc1ccc(C2=NN(S(=O)(=O)c3cccc(F)c3)C(c3ccccc3C)C2)cc1. The summed E-state index contributed by atoms with van der Waals surface area (Å²) in [6.45, 7) is 3.44. The number of benzene rings is 3. The maximum atomic E-state index is 13.8. The predicted molar refractivity (Wildman–Crippen MR) is 130 cm³/mol. The van der Waals surface area contributed by atoms with Gasteiger partial charge in [-0.15, -0.1) is 0 Å². The van der Waals surface area contributed by atoms with Crippen LogP contribution in [0.1, 0.15) is 36.1 Å². The second kappa shape index (κ2) is 9.19. The minimum atomic E-state index is -4.14. The number of hydrogen-bond acceptors (Lipinski definition) is 5. The van der Waals surface area contributed by atoms with E-state index in [1.54, 1.807) is 31.2 Å². The van der Waals surface area contributed by atoms with E-state index in [4.69, 9.17) is 0 Å². The number of anilines is 1. The highest BCUT2D eigenvalue weighted by molar-refractivity contribution is 7.92. The summed E-state index contributed by atoms with van der Waals surface area (Å²) in [4.78, 5) is -0.180. The minimum absolute atomic E-state index is 0.0491. The summed E-state index contributed by atoms with van der Waals surface area (Å²) in [5.41, 5.74) is 3.30. The van der Waals surface area contributed by atoms with E-state index in [1.165, 1.54) is 18.2 Å². The highest BCUT2D eigenvalue weighted by Gasteiger charge is 2.38. The number of nitrogens with zero attached hydrogens (tertiary/aromatic N) is 2. The van der Waals surface area contributed by atoms with Crippen molar-refractivity contribution in [3.05, 3.63) is 95.3 Å². The fourth-order valence-corrected chi connectivity index (χ4v) is 5.89. The molecule has 10 heteroatoms. The zero-order chi connectivity index (χ0) is 24.5. The Morgan fingerprint density at radius 3 is 2.35 bits per heavy atom. The quantitative estimate of drug-likeness (QED) is 0.518. The summed E-state index contributed by atoms with van der Waals surface area (Å²) < 4.78 is 67.9. The molecule has 0 spiro atoms. The highest BCUT2D eigenvalue weighted by Crippen LogP contribution is 2.38. The van der Waals surface area contributed by atoms with Crippen molar-refractivity contribution in [3.63, 3.8) is 0 Å². The zero-order valence-electron chi connectivity index (χ0n) is 18.6. The Labute approximate surface area is 199 Å². The molecule has 1 N–H and O–H groups in total. The third-order valence-electron chi connectivity index (χ3n) is 5.63. The lowest BCUT2D eigenvalue weighted by Crippen LogP contribution is -2.27. The molecule has 0 aromatic heterocycles. The van der Waals surface area contributed by atoms with Crippen LogP contribution >= 0.6 is 0 Å². The first-order valence-corrected chi connectivity index (χ1v) is 13.7. The molecule has 4 rings (SSSR count). The van der Waals surface area contributed by atoms with Crippen molar-refractivity contribution in [3.8, 4) is 0 Å². The summed E-state index contributed by atoms with van der Waals surface area (Å²) in [6, 6.07) is 18.3. The molecule has 0 saturated carbocycles. The Morgan fingerprint density at radius 2 is 1.71 bits per heavy atom. The molecule has 3 aromatic rings. The minimum Gasteiger partial charge on any atom is -0.284 e. The summed E-state index contributed by atoms with van der Waals surface area (Å²) in [5, 5.41) is 4.46. The van der Waals surface area contributed by atoms with E-state index >= 15 is 0 Å².